The number of furan rings is 1. The van der Waals surface area contributed by atoms with E-state index in [2.05, 4.69) is 10.6 Å². The zero-order valence-corrected chi connectivity index (χ0v) is 14.8. The third kappa shape index (κ3) is 4.96. The monoisotopic (exact) mass is 340 g/mol. The number of benzene rings is 1. The molecular weight excluding hydrogens is 316 g/mol. The molecule has 0 saturated heterocycles. The van der Waals surface area contributed by atoms with Crippen LogP contribution >= 0.6 is 12.4 Å². The first-order valence-electron chi connectivity index (χ1n) is 7.60. The Hall–Kier alpha value is -1.56. The third-order valence-electron chi connectivity index (χ3n) is 3.53. The molecule has 1 aromatic carbocycles. The molecule has 0 aliphatic rings. The summed E-state index contributed by atoms with van der Waals surface area (Å²) in [4.78, 5) is 12.4. The Morgan fingerprint density at radius 3 is 2.61 bits per heavy atom. The van der Waals surface area contributed by atoms with E-state index >= 15 is 0 Å². The third-order valence-corrected chi connectivity index (χ3v) is 3.53. The highest BCUT2D eigenvalue weighted by Crippen LogP contribution is 2.26. The lowest BCUT2D eigenvalue weighted by Crippen LogP contribution is -2.37. The van der Waals surface area contributed by atoms with Crippen molar-refractivity contribution in [2.24, 2.45) is 0 Å². The predicted molar refractivity (Wildman–Crippen MR) is 94.2 cm³/mol. The lowest BCUT2D eigenvalue weighted by molar-refractivity contribution is 0.0643. The molecule has 23 heavy (non-hydrogen) atoms. The molecule has 0 spiro atoms. The first-order chi connectivity index (χ1) is 10.5. The van der Waals surface area contributed by atoms with E-state index in [0.29, 0.717) is 24.5 Å². The number of ether oxygens (including phenoxy) is 1. The summed E-state index contributed by atoms with van der Waals surface area (Å²) >= 11 is 0. The minimum absolute atomic E-state index is 0. The zero-order chi connectivity index (χ0) is 16.1. The largest absolute Gasteiger partial charge is 0.451 e. The highest BCUT2D eigenvalue weighted by molar-refractivity contribution is 5.99. The summed E-state index contributed by atoms with van der Waals surface area (Å²) in [6.45, 7) is 6.84. The molecule has 1 amide bonds. The Kier molecular flexibility index (Phi) is 7.55. The fourth-order valence-corrected chi connectivity index (χ4v) is 2.10. The van der Waals surface area contributed by atoms with Crippen LogP contribution in [-0.2, 0) is 11.3 Å². The van der Waals surface area contributed by atoms with Crippen LogP contribution in [0.25, 0.3) is 11.0 Å². The van der Waals surface area contributed by atoms with Gasteiger partial charge in [0.05, 0.1) is 12.7 Å². The van der Waals surface area contributed by atoms with Gasteiger partial charge in [0, 0.05) is 23.5 Å². The summed E-state index contributed by atoms with van der Waals surface area (Å²) in [5.41, 5.74) is 1.51. The van der Waals surface area contributed by atoms with Crippen LogP contribution in [0.2, 0.25) is 0 Å². The molecule has 5 nitrogen and oxygen atoms in total. The number of para-hydroxylation sites is 1. The summed E-state index contributed by atoms with van der Waals surface area (Å²) in [6.07, 6.45) is 0.0916. The summed E-state index contributed by atoms with van der Waals surface area (Å²) in [7, 11) is 1.86. The van der Waals surface area contributed by atoms with Gasteiger partial charge in [0.25, 0.3) is 5.91 Å². The number of hydrogen-bond acceptors (Lipinski definition) is 4. The molecular formula is C17H25ClN2O3. The van der Waals surface area contributed by atoms with Crippen LogP contribution < -0.4 is 10.6 Å². The molecule has 1 heterocycles. The molecule has 0 radical (unpaired) electrons. The van der Waals surface area contributed by atoms with Crippen molar-refractivity contribution in [1.82, 2.24) is 10.6 Å². The van der Waals surface area contributed by atoms with Gasteiger partial charge in [-0.1, -0.05) is 18.2 Å². The predicted octanol–water partition coefficient (Wildman–Crippen LogP) is 3.12. The van der Waals surface area contributed by atoms with Gasteiger partial charge in [0.1, 0.15) is 5.58 Å². The number of carbonyl (C=O) groups excluding carboxylic acids is 1. The van der Waals surface area contributed by atoms with Crippen LogP contribution in [0.15, 0.2) is 28.7 Å². The van der Waals surface area contributed by atoms with Crippen LogP contribution in [0.3, 0.4) is 0 Å². The van der Waals surface area contributed by atoms with E-state index in [9.17, 15) is 4.79 Å². The minimum Gasteiger partial charge on any atom is -0.451 e. The van der Waals surface area contributed by atoms with E-state index in [1.807, 2.05) is 52.1 Å². The van der Waals surface area contributed by atoms with Gasteiger partial charge >= 0.3 is 0 Å². The average molecular weight is 341 g/mol. The summed E-state index contributed by atoms with van der Waals surface area (Å²) < 4.78 is 11.4. The Bertz CT molecular complexity index is 640. The molecule has 1 unspecified atom stereocenters. The normalized spacial score (nSPS) is 12.2. The first-order valence-corrected chi connectivity index (χ1v) is 7.60. The Morgan fingerprint density at radius 2 is 1.96 bits per heavy atom. The van der Waals surface area contributed by atoms with Crippen molar-refractivity contribution < 1.29 is 13.9 Å². The van der Waals surface area contributed by atoms with Crippen molar-refractivity contribution in [1.29, 1.82) is 0 Å². The Morgan fingerprint density at radius 1 is 1.26 bits per heavy atom. The average Bonchev–Trinajstić information content (AvgIpc) is 2.88. The number of likely N-dealkylation sites (N-methyl/N-ethyl adjacent to an activating group) is 1. The van der Waals surface area contributed by atoms with E-state index in [1.54, 1.807) is 0 Å². The van der Waals surface area contributed by atoms with Crippen molar-refractivity contribution in [3.05, 3.63) is 35.6 Å². The number of hydrogen-bond donors (Lipinski definition) is 2. The number of halogens is 1. The number of carbonyl (C=O) groups is 1. The fourth-order valence-electron chi connectivity index (χ4n) is 2.10. The molecule has 2 N–H and O–H groups in total. The van der Waals surface area contributed by atoms with E-state index in [0.717, 1.165) is 10.9 Å². The van der Waals surface area contributed by atoms with Crippen molar-refractivity contribution in [3.8, 4) is 0 Å². The van der Waals surface area contributed by atoms with Crippen molar-refractivity contribution in [3.63, 3.8) is 0 Å². The van der Waals surface area contributed by atoms with Crippen molar-refractivity contribution in [2.45, 2.75) is 39.5 Å². The van der Waals surface area contributed by atoms with Crippen LogP contribution in [0.4, 0.5) is 0 Å². The summed E-state index contributed by atoms with van der Waals surface area (Å²) in [5.74, 6) is 0.130. The van der Waals surface area contributed by atoms with Gasteiger partial charge in [0.2, 0.25) is 0 Å². The number of nitrogens with one attached hydrogen (secondary N) is 2. The molecule has 6 heteroatoms. The highest BCUT2D eigenvalue weighted by atomic mass is 35.5. The zero-order valence-electron chi connectivity index (χ0n) is 14.0. The summed E-state index contributed by atoms with van der Waals surface area (Å²) in [6, 6.07) is 7.83. The van der Waals surface area contributed by atoms with E-state index in [4.69, 9.17) is 9.15 Å². The first kappa shape index (κ1) is 19.5. The van der Waals surface area contributed by atoms with Gasteiger partial charge in [-0.25, -0.2) is 0 Å². The molecule has 0 bridgehead atoms. The van der Waals surface area contributed by atoms with Gasteiger partial charge in [-0.05, 0) is 33.9 Å². The standard InChI is InChI=1S/C17H24N2O3.ClH/c1-11(2)21-10-14-13-7-5-6-8-15(13)22-16(14)17(20)19-9-12(3)18-4;/h5-8,11-12,18H,9-10H2,1-4H3,(H,19,20);1H. The maximum atomic E-state index is 12.4. The topological polar surface area (TPSA) is 63.5 Å². The molecule has 0 aliphatic carbocycles. The van der Waals surface area contributed by atoms with Gasteiger partial charge in [0.15, 0.2) is 5.76 Å². The van der Waals surface area contributed by atoms with Crippen molar-refractivity contribution >= 4 is 29.3 Å². The molecule has 0 aliphatic heterocycles. The molecule has 1 aromatic heterocycles. The van der Waals surface area contributed by atoms with Crippen molar-refractivity contribution in [2.75, 3.05) is 13.6 Å². The number of rotatable bonds is 7. The van der Waals surface area contributed by atoms with E-state index in [-0.39, 0.29) is 30.5 Å². The number of fused-ring (bicyclic) bond motifs is 1. The second-order valence-corrected chi connectivity index (χ2v) is 5.67. The molecule has 2 aromatic rings. The van der Waals surface area contributed by atoms with Crippen LogP contribution in [0, 0.1) is 0 Å². The molecule has 128 valence electrons. The molecule has 1 atom stereocenters. The second kappa shape index (κ2) is 8.91. The maximum Gasteiger partial charge on any atom is 0.287 e. The smallest absolute Gasteiger partial charge is 0.287 e. The van der Waals surface area contributed by atoms with Crippen LogP contribution in [-0.4, -0.2) is 31.6 Å². The molecule has 2 rings (SSSR count). The highest BCUT2D eigenvalue weighted by Gasteiger charge is 2.21. The second-order valence-electron chi connectivity index (χ2n) is 5.67. The Balaban J connectivity index is 0.00000264. The van der Waals surface area contributed by atoms with Gasteiger partial charge in [-0.3, -0.25) is 4.79 Å². The maximum absolute atomic E-state index is 12.4. The minimum atomic E-state index is -0.208. The van der Waals surface area contributed by atoms with Gasteiger partial charge in [-0.15, -0.1) is 12.4 Å². The lowest BCUT2D eigenvalue weighted by Gasteiger charge is -2.11. The quantitative estimate of drug-likeness (QED) is 0.813. The van der Waals surface area contributed by atoms with Gasteiger partial charge in [-0.2, -0.15) is 0 Å². The lowest BCUT2D eigenvalue weighted by atomic mass is 10.1. The molecule has 0 fully saturated rings. The van der Waals surface area contributed by atoms with Crippen LogP contribution in [0.1, 0.15) is 36.9 Å². The van der Waals surface area contributed by atoms with E-state index < -0.39 is 0 Å². The molecule has 0 saturated carbocycles. The fraction of sp³-hybridized carbons (Fsp3) is 0.471. The van der Waals surface area contributed by atoms with Gasteiger partial charge < -0.3 is 19.8 Å². The Labute approximate surface area is 143 Å². The summed E-state index contributed by atoms with van der Waals surface area (Å²) in [5, 5.41) is 6.90. The SMILES string of the molecule is CNC(C)CNC(=O)c1oc2ccccc2c1COC(C)C.Cl. The number of amides is 1. The van der Waals surface area contributed by atoms with E-state index in [1.165, 1.54) is 0 Å². The van der Waals surface area contributed by atoms with Crippen LogP contribution in [0.5, 0.6) is 0 Å².